The molecule has 2 saturated carbocycles. The zero-order valence-corrected chi connectivity index (χ0v) is 17.3. The van der Waals surface area contributed by atoms with E-state index in [4.69, 9.17) is 0 Å². The number of fused-ring (bicyclic) bond motifs is 1. The van der Waals surface area contributed by atoms with Gasteiger partial charge in [-0.1, -0.05) is 19.3 Å². The van der Waals surface area contributed by atoms with Crippen molar-refractivity contribution in [1.82, 2.24) is 19.4 Å². The molecule has 3 aliphatic rings. The van der Waals surface area contributed by atoms with Gasteiger partial charge in [0.2, 0.25) is 0 Å². The summed E-state index contributed by atoms with van der Waals surface area (Å²) in [6, 6.07) is 1.01. The van der Waals surface area contributed by atoms with Crippen molar-refractivity contribution in [2.75, 3.05) is 26.2 Å². The Morgan fingerprint density at radius 1 is 1.04 bits per heavy atom. The average molecular weight is 401 g/mol. The summed E-state index contributed by atoms with van der Waals surface area (Å²) in [6.45, 7) is 5.40. The zero-order valence-electron chi connectivity index (χ0n) is 16.5. The van der Waals surface area contributed by atoms with Crippen molar-refractivity contribution in [3.8, 4) is 0 Å². The fraction of sp³-hybridized carbons (Fsp3) is 0.667. The molecule has 0 aromatic carbocycles. The highest BCUT2D eigenvalue weighted by atomic mass is 32.1. The maximum absolute atomic E-state index is 13.3. The first-order chi connectivity index (χ1) is 13.6. The summed E-state index contributed by atoms with van der Waals surface area (Å²) in [6.07, 6.45) is 10.4. The smallest absolute Gasteiger partial charge is 0.271 e. The number of hydrogen-bond acceptors (Lipinski definition) is 5. The van der Waals surface area contributed by atoms with Gasteiger partial charge in [0.15, 0.2) is 0 Å². The van der Waals surface area contributed by atoms with Crippen molar-refractivity contribution in [3.05, 3.63) is 27.1 Å². The standard InChI is InChI=1S/C21H28N4O2S/c1-14-17(18-19(28-14)21(27)25(13-22-18)16-7-8-16)20(26)24-11-9-23(10-12-24)15-5-3-2-4-6-15/h13,15-16H,2-12H2,1H3. The summed E-state index contributed by atoms with van der Waals surface area (Å²) < 4.78 is 2.38. The van der Waals surface area contributed by atoms with Crippen molar-refractivity contribution in [1.29, 1.82) is 0 Å². The maximum Gasteiger partial charge on any atom is 0.271 e. The minimum Gasteiger partial charge on any atom is -0.336 e. The molecule has 6 nitrogen and oxygen atoms in total. The van der Waals surface area contributed by atoms with Gasteiger partial charge >= 0.3 is 0 Å². The second-order valence-electron chi connectivity index (χ2n) is 8.52. The number of piperazine rings is 1. The molecule has 28 heavy (non-hydrogen) atoms. The number of carbonyl (C=O) groups is 1. The molecule has 7 heteroatoms. The van der Waals surface area contributed by atoms with Gasteiger partial charge < -0.3 is 4.90 Å². The fourth-order valence-electron chi connectivity index (χ4n) is 4.85. The minimum absolute atomic E-state index is 0.0155. The van der Waals surface area contributed by atoms with Crippen molar-refractivity contribution < 1.29 is 4.79 Å². The molecule has 2 aliphatic carbocycles. The van der Waals surface area contributed by atoms with Crippen LogP contribution >= 0.6 is 11.3 Å². The van der Waals surface area contributed by atoms with E-state index in [1.54, 1.807) is 10.9 Å². The van der Waals surface area contributed by atoms with E-state index >= 15 is 0 Å². The minimum atomic E-state index is 0.0155. The van der Waals surface area contributed by atoms with E-state index in [1.165, 1.54) is 43.4 Å². The predicted molar refractivity (Wildman–Crippen MR) is 111 cm³/mol. The molecule has 150 valence electrons. The van der Waals surface area contributed by atoms with Crippen LogP contribution in [-0.2, 0) is 0 Å². The number of amides is 1. The lowest BCUT2D eigenvalue weighted by atomic mass is 9.94. The van der Waals surface area contributed by atoms with Gasteiger partial charge in [0.1, 0.15) is 10.2 Å². The Balaban J connectivity index is 1.35. The molecule has 1 saturated heterocycles. The molecule has 0 unspecified atom stereocenters. The summed E-state index contributed by atoms with van der Waals surface area (Å²) in [4.78, 5) is 36.1. The van der Waals surface area contributed by atoms with E-state index in [2.05, 4.69) is 9.88 Å². The van der Waals surface area contributed by atoms with Crippen LogP contribution in [0.25, 0.3) is 10.2 Å². The molecule has 3 fully saturated rings. The molecule has 0 atom stereocenters. The molecule has 0 radical (unpaired) electrons. The molecule has 1 aliphatic heterocycles. The lowest BCUT2D eigenvalue weighted by molar-refractivity contribution is 0.0524. The Kier molecular flexibility index (Phi) is 4.75. The van der Waals surface area contributed by atoms with Crippen LogP contribution in [0.15, 0.2) is 11.1 Å². The average Bonchev–Trinajstić information content (AvgIpc) is 3.51. The van der Waals surface area contributed by atoms with Gasteiger partial charge in [-0.25, -0.2) is 4.98 Å². The molecule has 0 N–H and O–H groups in total. The highest BCUT2D eigenvalue weighted by Crippen LogP contribution is 2.35. The van der Waals surface area contributed by atoms with Gasteiger partial charge in [-0.2, -0.15) is 0 Å². The van der Waals surface area contributed by atoms with Crippen molar-refractivity contribution >= 4 is 27.5 Å². The highest BCUT2D eigenvalue weighted by Gasteiger charge is 2.31. The van der Waals surface area contributed by atoms with E-state index in [9.17, 15) is 9.59 Å². The van der Waals surface area contributed by atoms with Crippen LogP contribution in [0.3, 0.4) is 0 Å². The largest absolute Gasteiger partial charge is 0.336 e. The third-order valence-electron chi connectivity index (χ3n) is 6.65. The van der Waals surface area contributed by atoms with Crippen molar-refractivity contribution in [2.45, 2.75) is 64.0 Å². The molecule has 3 heterocycles. The molecule has 2 aromatic heterocycles. The van der Waals surface area contributed by atoms with Crippen LogP contribution in [0.5, 0.6) is 0 Å². The number of nitrogens with zero attached hydrogens (tertiary/aromatic N) is 4. The zero-order chi connectivity index (χ0) is 19.3. The third kappa shape index (κ3) is 3.18. The van der Waals surface area contributed by atoms with Crippen molar-refractivity contribution in [3.63, 3.8) is 0 Å². The van der Waals surface area contributed by atoms with Gasteiger partial charge in [0.05, 0.1) is 11.9 Å². The molecule has 0 bridgehead atoms. The number of rotatable bonds is 3. The van der Waals surface area contributed by atoms with Gasteiger partial charge in [0.25, 0.3) is 11.5 Å². The summed E-state index contributed by atoms with van der Waals surface area (Å²) in [5.74, 6) is 0.0446. The normalized spacial score (nSPS) is 22.1. The number of aromatic nitrogens is 2. The summed E-state index contributed by atoms with van der Waals surface area (Å²) in [7, 11) is 0. The second kappa shape index (κ2) is 7.26. The third-order valence-corrected chi connectivity index (χ3v) is 7.73. The van der Waals surface area contributed by atoms with E-state index < -0.39 is 0 Å². The lowest BCUT2D eigenvalue weighted by Crippen LogP contribution is -2.52. The molecule has 5 rings (SSSR count). The van der Waals surface area contributed by atoms with Crippen LogP contribution in [0.2, 0.25) is 0 Å². The van der Waals surface area contributed by atoms with E-state index in [1.807, 2.05) is 11.8 Å². The van der Waals surface area contributed by atoms with Gasteiger partial charge in [-0.3, -0.25) is 19.1 Å². The first kappa shape index (κ1) is 18.3. The van der Waals surface area contributed by atoms with Gasteiger partial charge in [-0.15, -0.1) is 11.3 Å². The van der Waals surface area contributed by atoms with Crippen LogP contribution in [0.4, 0.5) is 0 Å². The van der Waals surface area contributed by atoms with Crippen molar-refractivity contribution in [2.24, 2.45) is 0 Å². The Morgan fingerprint density at radius 3 is 2.43 bits per heavy atom. The topological polar surface area (TPSA) is 58.4 Å². The number of thiophene rings is 1. The van der Waals surface area contributed by atoms with E-state index in [0.717, 1.165) is 43.9 Å². The van der Waals surface area contributed by atoms with E-state index in [0.29, 0.717) is 27.9 Å². The highest BCUT2D eigenvalue weighted by molar-refractivity contribution is 7.19. The first-order valence-corrected chi connectivity index (χ1v) is 11.5. The number of hydrogen-bond donors (Lipinski definition) is 0. The lowest BCUT2D eigenvalue weighted by Gasteiger charge is -2.40. The van der Waals surface area contributed by atoms with Gasteiger partial charge in [-0.05, 0) is 32.6 Å². The summed E-state index contributed by atoms with van der Waals surface area (Å²) in [5.41, 5.74) is 1.26. The monoisotopic (exact) mass is 400 g/mol. The molecular weight excluding hydrogens is 372 g/mol. The van der Waals surface area contributed by atoms with Gasteiger partial charge in [0, 0.05) is 43.1 Å². The number of aryl methyl sites for hydroxylation is 1. The predicted octanol–water partition coefficient (Wildman–Crippen LogP) is 3.19. The first-order valence-electron chi connectivity index (χ1n) is 10.7. The Labute approximate surface area is 169 Å². The SMILES string of the molecule is Cc1sc2c(=O)n(C3CC3)cnc2c1C(=O)N1CCN(C2CCCCC2)CC1. The Hall–Kier alpha value is -1.73. The van der Waals surface area contributed by atoms with E-state index in [-0.39, 0.29) is 11.5 Å². The maximum atomic E-state index is 13.3. The van der Waals surface area contributed by atoms with Crippen LogP contribution in [0, 0.1) is 6.92 Å². The Bertz CT molecular complexity index is 947. The molecule has 1 amide bonds. The summed E-state index contributed by atoms with van der Waals surface area (Å²) in [5, 5.41) is 0. The Morgan fingerprint density at radius 2 is 1.75 bits per heavy atom. The van der Waals surface area contributed by atoms with Crippen LogP contribution < -0.4 is 5.56 Å². The fourth-order valence-corrected chi connectivity index (χ4v) is 5.89. The second-order valence-corrected chi connectivity index (χ2v) is 9.74. The van der Waals surface area contributed by atoms with Crippen LogP contribution in [-0.4, -0.2) is 57.5 Å². The quantitative estimate of drug-likeness (QED) is 0.794. The molecule has 2 aromatic rings. The number of carbonyl (C=O) groups excluding carboxylic acids is 1. The molecule has 0 spiro atoms. The molecular formula is C21H28N4O2S. The summed E-state index contributed by atoms with van der Waals surface area (Å²) >= 11 is 1.43. The van der Waals surface area contributed by atoms with Crippen LogP contribution in [0.1, 0.15) is 66.2 Å².